The molecule has 10 aromatic heterocycles. The molecule has 2 aliphatic rings. The highest BCUT2D eigenvalue weighted by Gasteiger charge is 2.32. The first-order chi connectivity index (χ1) is 70.9. The van der Waals surface area contributed by atoms with Crippen LogP contribution in [0.5, 0.6) is 5.75 Å². The third-order valence-corrected chi connectivity index (χ3v) is 24.5. The number of hydrogen-bond acceptors (Lipinski definition) is 21. The second-order valence-electron chi connectivity index (χ2n) is 35.4. The first-order valence-corrected chi connectivity index (χ1v) is 48.1. The zero-order valence-corrected chi connectivity index (χ0v) is 81.5. The lowest BCUT2D eigenvalue weighted by molar-refractivity contribution is -0.274. The smallest absolute Gasteiger partial charge is 0.406 e. The van der Waals surface area contributed by atoms with Crippen LogP contribution in [0.2, 0.25) is 5.02 Å². The summed E-state index contributed by atoms with van der Waals surface area (Å²) in [7, 11) is 3.47. The molecule has 11 heterocycles. The number of rotatable bonds is 23. The summed E-state index contributed by atoms with van der Waals surface area (Å²) in [6, 6.07) is 94.1. The van der Waals surface area contributed by atoms with Crippen molar-refractivity contribution >= 4 is 116 Å². The standard InChI is InChI=1S/C26H26F3N7O2.C25H24ClN5O.C22H21N5O.C20H18N4.C19H15FN4/c27-26(28,29)38-21-4-1-3-19(17-21)22-5-2-13-36-23(22)33-25(34-36)32-20-8-6-18(7-9-20)24(37)31-12-16-35-14-10-30-11-15-35;26-19-12-8-17(9-13-19)22-7-4-16-31-23(22)29-25(30-31)28-21-14-10-18(11-15-21)24(32)27-20-5-2-1-3-6-20;1-15-6-8-16(9-7-15)19-5-4-14-27-20(19)24-22(25-27)23-18-12-10-17(11-13-18)21(28)26(2)3;1-14-6-3-8-16(12-14)18-10-5-11-24-19(18)22-20(23-24)21-17-9-4-7-15(2)13-17;1-13-4-2-5-14(12-13)17-6-3-11-24-18(17)22-19(23-24)21-16-9-7-15(20)8-10-16/h1-9,13,17,30H,10-12,14-16H2,(H,31,37)(H,32,34);4,7-16,20H,1-3,5-6H2,(H,27,32)(H,28,30);4-14H,1-3H3,(H,23,25);3-13H,1-2H3,(H,21,23);2-12H,1H3,(H,21,23). The number of pyridine rings is 5. The molecule has 2 fully saturated rings. The number of amides is 3. The van der Waals surface area contributed by atoms with Gasteiger partial charge in [-0.2, -0.15) is 24.9 Å². The van der Waals surface area contributed by atoms with E-state index >= 15 is 0 Å². The molecular weight excluding hydrogens is 1870 g/mol. The van der Waals surface area contributed by atoms with Gasteiger partial charge in [0.15, 0.2) is 28.2 Å². The Hall–Kier alpha value is -17.6. The van der Waals surface area contributed by atoms with Gasteiger partial charge in [-0.3, -0.25) is 19.3 Å². The van der Waals surface area contributed by atoms with E-state index in [1.54, 1.807) is 105 Å². The highest BCUT2D eigenvalue weighted by Crippen LogP contribution is 2.35. The Kier molecular flexibility index (Phi) is 30.8. The van der Waals surface area contributed by atoms with Gasteiger partial charge in [-0.25, -0.2) is 27.0 Å². The molecule has 8 N–H and O–H groups in total. The van der Waals surface area contributed by atoms with E-state index in [0.29, 0.717) is 86.5 Å². The maximum absolute atomic E-state index is 13.0. The third kappa shape index (κ3) is 25.5. The lowest BCUT2D eigenvalue weighted by Gasteiger charge is -2.27. The van der Waals surface area contributed by atoms with Gasteiger partial charge in [-0.1, -0.05) is 157 Å². The second kappa shape index (κ2) is 45.6. The Morgan fingerprint density at radius 1 is 0.390 bits per heavy atom. The summed E-state index contributed by atoms with van der Waals surface area (Å²) in [6.07, 6.45) is 10.2. The molecule has 0 atom stereocenters. The van der Waals surface area contributed by atoms with Gasteiger partial charge >= 0.3 is 6.36 Å². The summed E-state index contributed by atoms with van der Waals surface area (Å²) in [5.74, 6) is 1.60. The average Bonchev–Trinajstić information content (AvgIpc) is 1.66. The number of nitrogens with one attached hydrogen (secondary N) is 8. The molecule has 0 radical (unpaired) electrons. The molecule has 34 heteroatoms. The molecule has 10 aromatic carbocycles. The molecule has 1 saturated heterocycles. The summed E-state index contributed by atoms with van der Waals surface area (Å²) in [5, 5.41) is 48.5. The Morgan fingerprint density at radius 2 is 0.753 bits per heavy atom. The Labute approximate surface area is 843 Å². The van der Waals surface area contributed by atoms with Gasteiger partial charge in [0, 0.05) is 168 Å². The maximum atomic E-state index is 13.0. The number of nitrogens with zero attached hydrogens (tertiary/aromatic N) is 17. The molecule has 3 amide bonds. The summed E-state index contributed by atoms with van der Waals surface area (Å²) in [6.45, 7) is 13.6. The molecule has 736 valence electrons. The van der Waals surface area contributed by atoms with Gasteiger partial charge in [0.05, 0.1) is 0 Å². The van der Waals surface area contributed by atoms with Gasteiger partial charge in [-0.15, -0.1) is 38.7 Å². The molecule has 1 aliphatic carbocycles. The van der Waals surface area contributed by atoms with Crippen LogP contribution in [0.1, 0.15) is 85.4 Å². The third-order valence-electron chi connectivity index (χ3n) is 24.2. The fourth-order valence-corrected chi connectivity index (χ4v) is 17.0. The number of aryl methyl sites for hydroxylation is 4. The molecule has 1 aliphatic heterocycles. The highest BCUT2D eigenvalue weighted by molar-refractivity contribution is 6.30. The fourth-order valence-electron chi connectivity index (χ4n) is 16.9. The molecule has 0 unspecified atom stereocenters. The number of carbonyl (C=O) groups excluding carboxylic acids is 3. The number of ether oxygens (including phenoxy) is 1. The van der Waals surface area contributed by atoms with Crippen molar-refractivity contribution in [3.8, 4) is 61.4 Å². The van der Waals surface area contributed by atoms with Crippen LogP contribution in [0.15, 0.2) is 334 Å². The maximum Gasteiger partial charge on any atom is 0.573 e. The summed E-state index contributed by atoms with van der Waals surface area (Å²) in [4.78, 5) is 64.0. The topological polar surface area (TPSA) is 314 Å². The summed E-state index contributed by atoms with van der Waals surface area (Å²) >= 11 is 6.02. The van der Waals surface area contributed by atoms with E-state index in [4.69, 9.17) is 11.6 Å². The van der Waals surface area contributed by atoms with E-state index in [9.17, 15) is 31.9 Å². The number of hydrogen-bond donors (Lipinski definition) is 8. The van der Waals surface area contributed by atoms with Crippen LogP contribution in [0.25, 0.3) is 83.9 Å². The first-order valence-electron chi connectivity index (χ1n) is 47.7. The number of halogens is 5. The zero-order valence-electron chi connectivity index (χ0n) is 80.7. The van der Waals surface area contributed by atoms with Crippen molar-refractivity contribution in [3.63, 3.8) is 0 Å². The lowest BCUT2D eigenvalue weighted by atomic mass is 9.95. The molecule has 146 heavy (non-hydrogen) atoms. The Balaban J connectivity index is 0.000000121. The van der Waals surface area contributed by atoms with E-state index in [2.05, 4.69) is 215 Å². The minimum Gasteiger partial charge on any atom is -0.406 e. The predicted molar refractivity (Wildman–Crippen MR) is 565 cm³/mol. The number of fused-ring (bicyclic) bond motifs is 5. The molecule has 0 spiro atoms. The van der Waals surface area contributed by atoms with E-state index < -0.39 is 6.36 Å². The van der Waals surface area contributed by atoms with Gasteiger partial charge < -0.3 is 52.2 Å². The van der Waals surface area contributed by atoms with Crippen LogP contribution < -0.4 is 47.3 Å². The van der Waals surface area contributed by atoms with E-state index in [1.807, 2.05) is 151 Å². The van der Waals surface area contributed by atoms with E-state index in [0.717, 1.165) is 135 Å². The van der Waals surface area contributed by atoms with Crippen molar-refractivity contribution in [3.05, 3.63) is 384 Å². The molecule has 22 rings (SSSR count). The second-order valence-corrected chi connectivity index (χ2v) is 35.8. The van der Waals surface area contributed by atoms with Crippen molar-refractivity contribution < 1.29 is 36.7 Å². The zero-order chi connectivity index (χ0) is 101. The Morgan fingerprint density at radius 3 is 1.16 bits per heavy atom. The molecule has 20 aromatic rings. The van der Waals surface area contributed by atoms with Crippen LogP contribution in [-0.4, -0.2) is 166 Å². The molecule has 1 saturated carbocycles. The minimum absolute atomic E-state index is 0.0121. The summed E-state index contributed by atoms with van der Waals surface area (Å²) < 4.78 is 63.6. The van der Waals surface area contributed by atoms with Gasteiger partial charge in [0.1, 0.15) is 11.6 Å². The van der Waals surface area contributed by atoms with Gasteiger partial charge in [-0.05, 0) is 268 Å². The van der Waals surface area contributed by atoms with Crippen molar-refractivity contribution in [1.82, 2.24) is 98.7 Å². The number of benzene rings is 10. The van der Waals surface area contributed by atoms with Gasteiger partial charge in [0.25, 0.3) is 17.7 Å². The predicted octanol–water partition coefficient (Wildman–Crippen LogP) is 23.0. The van der Waals surface area contributed by atoms with Crippen LogP contribution in [0.4, 0.5) is 75.7 Å². The van der Waals surface area contributed by atoms with E-state index in [-0.39, 0.29) is 29.3 Å². The quantitative estimate of drug-likeness (QED) is 0.0276. The van der Waals surface area contributed by atoms with Crippen molar-refractivity contribution in [1.29, 1.82) is 0 Å². The van der Waals surface area contributed by atoms with Crippen LogP contribution >= 0.6 is 11.6 Å². The SMILES string of the molecule is Cc1ccc(-c2cccn3nc(Nc4ccc(C(=O)N(C)C)cc4)nc23)cc1.Cc1cccc(-c2cccn3nc(Nc4ccc(F)cc4)nc23)c1.Cc1cccc(Nc2nc3c(-c4cccc(C)c4)cccn3n2)c1.O=C(NC1CCCCC1)c1ccc(Nc2nc3c(-c4ccc(Cl)cc4)cccn3n2)cc1.O=C(NCCN1CCNCC1)c1ccc(Nc2nc3c(-c4cccc(OC(F)(F)F)c4)cccn3n2)cc1. The van der Waals surface area contributed by atoms with Crippen LogP contribution in [0, 0.1) is 33.5 Å². The van der Waals surface area contributed by atoms with Crippen molar-refractivity contribution in [2.45, 2.75) is 72.2 Å². The molecule has 0 bridgehead atoms. The number of piperazine rings is 1. The monoisotopic (exact) mass is 1970 g/mol. The first kappa shape index (κ1) is 98.6. The Bertz CT molecular complexity index is 7940. The fraction of sp³-hybridized carbons (Fsp3) is 0.170. The van der Waals surface area contributed by atoms with Crippen LogP contribution in [-0.2, 0) is 0 Å². The van der Waals surface area contributed by atoms with Gasteiger partial charge in [0.2, 0.25) is 29.7 Å². The molecular formula is C112H104ClF4N25O4. The number of anilines is 10. The number of aromatic nitrogens is 15. The lowest BCUT2D eigenvalue weighted by Crippen LogP contribution is -2.46. The number of carbonyl (C=O) groups is 3. The largest absolute Gasteiger partial charge is 0.573 e. The highest BCUT2D eigenvalue weighted by atomic mass is 35.5. The number of alkyl halides is 3. The van der Waals surface area contributed by atoms with Crippen LogP contribution in [0.3, 0.4) is 0 Å². The van der Waals surface area contributed by atoms with Crippen molar-refractivity contribution in [2.24, 2.45) is 0 Å². The minimum atomic E-state index is -4.78. The van der Waals surface area contributed by atoms with E-state index in [1.165, 1.54) is 76.4 Å². The average molecular weight is 1980 g/mol. The summed E-state index contributed by atoms with van der Waals surface area (Å²) in [5.41, 5.74) is 23.9. The normalized spacial score (nSPS) is 12.6. The molecule has 29 nitrogen and oxygen atoms in total. The van der Waals surface area contributed by atoms with Crippen molar-refractivity contribution in [2.75, 3.05) is 79.9 Å².